The van der Waals surface area contributed by atoms with E-state index in [2.05, 4.69) is 19.6 Å². The van der Waals surface area contributed by atoms with Gasteiger partial charge in [0, 0.05) is 0 Å². The minimum Gasteiger partial charge on any atom is -0.337 e. The van der Waals surface area contributed by atoms with Gasteiger partial charge in [0.1, 0.15) is 4.88 Å². The van der Waals surface area contributed by atoms with Crippen molar-refractivity contribution in [3.05, 3.63) is 30.0 Å². The zero-order valence-electron chi connectivity index (χ0n) is 8.06. The Bertz CT molecular complexity index is 577. The van der Waals surface area contributed by atoms with Crippen molar-refractivity contribution in [1.29, 1.82) is 0 Å². The van der Waals surface area contributed by atoms with Gasteiger partial charge in [-0.25, -0.2) is 4.98 Å². The first-order valence-electron chi connectivity index (χ1n) is 4.58. The third kappa shape index (κ3) is 1.32. The number of rotatable bonds is 1. The van der Waals surface area contributed by atoms with Gasteiger partial charge in [0.25, 0.3) is 0 Å². The predicted molar refractivity (Wildman–Crippen MR) is 59.7 cm³/mol. The second-order valence-electron chi connectivity index (χ2n) is 3.29. The van der Waals surface area contributed by atoms with Gasteiger partial charge in [0.15, 0.2) is 5.82 Å². The molecule has 1 N–H and O–H groups in total. The van der Waals surface area contributed by atoms with Gasteiger partial charge >= 0.3 is 0 Å². The first-order valence-corrected chi connectivity index (χ1v) is 5.36. The maximum Gasteiger partial charge on any atom is 0.152 e. The van der Waals surface area contributed by atoms with E-state index in [4.69, 9.17) is 0 Å². The highest BCUT2D eigenvalue weighted by Crippen LogP contribution is 2.24. The van der Waals surface area contributed by atoms with Crippen molar-refractivity contribution >= 4 is 22.6 Å². The predicted octanol–water partition coefficient (Wildman–Crippen LogP) is 2.39. The molecule has 0 amide bonds. The fourth-order valence-electron chi connectivity index (χ4n) is 1.51. The molecule has 2 aromatic heterocycles. The largest absolute Gasteiger partial charge is 0.337 e. The second kappa shape index (κ2) is 3.13. The molecule has 3 aromatic rings. The number of hydrogen-bond donors (Lipinski definition) is 1. The van der Waals surface area contributed by atoms with Crippen LogP contribution in [-0.2, 0) is 0 Å². The van der Waals surface area contributed by atoms with E-state index in [-0.39, 0.29) is 0 Å². The lowest BCUT2D eigenvalue weighted by atomic mass is 10.3. The molecule has 3 rings (SSSR count). The zero-order chi connectivity index (χ0) is 10.3. The fraction of sp³-hybridized carbons (Fsp3) is 0.100. The van der Waals surface area contributed by atoms with E-state index in [1.165, 1.54) is 11.5 Å². The van der Waals surface area contributed by atoms with Crippen LogP contribution in [-0.4, -0.2) is 19.6 Å². The summed E-state index contributed by atoms with van der Waals surface area (Å²) < 4.78 is 3.90. The molecular weight excluding hydrogens is 208 g/mol. The summed E-state index contributed by atoms with van der Waals surface area (Å²) in [6.45, 7) is 1.94. The molecule has 0 bridgehead atoms. The summed E-state index contributed by atoms with van der Waals surface area (Å²) in [6.07, 6.45) is 0. The van der Waals surface area contributed by atoms with Crippen LogP contribution in [0.5, 0.6) is 0 Å². The number of aromatic amines is 1. The van der Waals surface area contributed by atoms with Crippen LogP contribution < -0.4 is 0 Å². The number of nitrogens with one attached hydrogen (secondary N) is 1. The highest BCUT2D eigenvalue weighted by atomic mass is 32.1. The summed E-state index contributed by atoms with van der Waals surface area (Å²) in [5.74, 6) is 0.851. The molecule has 5 heteroatoms. The minimum absolute atomic E-state index is 0.851. The van der Waals surface area contributed by atoms with Gasteiger partial charge in [-0.3, -0.25) is 0 Å². The summed E-state index contributed by atoms with van der Waals surface area (Å²) in [5, 5.41) is 3.97. The minimum atomic E-state index is 0.851. The van der Waals surface area contributed by atoms with Gasteiger partial charge < -0.3 is 4.98 Å². The highest BCUT2D eigenvalue weighted by molar-refractivity contribution is 7.09. The Morgan fingerprint density at radius 2 is 2.13 bits per heavy atom. The molecule has 0 saturated heterocycles. The molecule has 0 spiro atoms. The van der Waals surface area contributed by atoms with E-state index in [0.29, 0.717) is 0 Å². The van der Waals surface area contributed by atoms with Crippen molar-refractivity contribution in [2.45, 2.75) is 6.92 Å². The average Bonchev–Trinajstić information content (AvgIpc) is 2.82. The summed E-state index contributed by atoms with van der Waals surface area (Å²) >= 11 is 1.36. The Labute approximate surface area is 90.2 Å². The van der Waals surface area contributed by atoms with E-state index in [9.17, 15) is 0 Å². The molecule has 74 valence electrons. The highest BCUT2D eigenvalue weighted by Gasteiger charge is 2.10. The Hall–Kier alpha value is -1.75. The number of hydrogen-bond acceptors (Lipinski definition) is 4. The maximum atomic E-state index is 4.49. The van der Waals surface area contributed by atoms with Gasteiger partial charge in [-0.2, -0.15) is 0 Å². The van der Waals surface area contributed by atoms with Crippen LogP contribution in [0.15, 0.2) is 24.3 Å². The summed E-state index contributed by atoms with van der Waals surface area (Å²) in [4.78, 5) is 8.75. The van der Waals surface area contributed by atoms with Crippen molar-refractivity contribution < 1.29 is 0 Å². The Kier molecular flexibility index (Phi) is 1.78. The normalized spacial score (nSPS) is 11.0. The number of fused-ring (bicyclic) bond motifs is 1. The molecule has 0 aliphatic carbocycles. The van der Waals surface area contributed by atoms with Crippen LogP contribution in [0, 0.1) is 6.92 Å². The van der Waals surface area contributed by atoms with Gasteiger partial charge in [0.05, 0.1) is 16.7 Å². The van der Waals surface area contributed by atoms with E-state index in [0.717, 1.165) is 27.4 Å². The molecule has 0 aliphatic rings. The lowest BCUT2D eigenvalue weighted by Gasteiger charge is -1.88. The molecule has 4 nitrogen and oxygen atoms in total. The van der Waals surface area contributed by atoms with Gasteiger partial charge in [-0.1, -0.05) is 16.6 Å². The molecule has 0 atom stereocenters. The van der Waals surface area contributed by atoms with Gasteiger partial charge in [0.2, 0.25) is 0 Å². The fourth-order valence-corrected chi connectivity index (χ4v) is 2.11. The lowest BCUT2D eigenvalue weighted by molar-refractivity contribution is 1.09. The Morgan fingerprint density at radius 3 is 2.87 bits per heavy atom. The van der Waals surface area contributed by atoms with E-state index in [1.54, 1.807) is 0 Å². The van der Waals surface area contributed by atoms with Crippen LogP contribution in [0.25, 0.3) is 21.7 Å². The molecule has 0 aliphatic heterocycles. The molecule has 0 fully saturated rings. The number of nitrogens with zero attached hydrogens (tertiary/aromatic N) is 3. The molecule has 0 radical (unpaired) electrons. The average molecular weight is 216 g/mol. The van der Waals surface area contributed by atoms with Crippen molar-refractivity contribution in [2.24, 2.45) is 0 Å². The van der Waals surface area contributed by atoms with Crippen molar-refractivity contribution in [1.82, 2.24) is 19.6 Å². The lowest BCUT2D eigenvalue weighted by Crippen LogP contribution is -1.79. The Balaban J connectivity index is 2.24. The van der Waals surface area contributed by atoms with E-state index >= 15 is 0 Å². The van der Waals surface area contributed by atoms with Gasteiger partial charge in [-0.15, -0.1) is 5.10 Å². The topological polar surface area (TPSA) is 54.5 Å². The SMILES string of the molecule is Cc1nnsc1-c1nc2ccccc2[nH]1. The molecular formula is C10H8N4S. The number of para-hydroxylation sites is 2. The molecule has 0 saturated carbocycles. The number of aryl methyl sites for hydroxylation is 1. The summed E-state index contributed by atoms with van der Waals surface area (Å²) in [6, 6.07) is 7.96. The Morgan fingerprint density at radius 1 is 1.27 bits per heavy atom. The van der Waals surface area contributed by atoms with Crippen molar-refractivity contribution in [3.8, 4) is 10.7 Å². The van der Waals surface area contributed by atoms with E-state index in [1.807, 2.05) is 31.2 Å². The number of H-pyrrole nitrogens is 1. The standard InChI is InChI=1S/C10H8N4S/c1-6-9(15-14-13-6)10-11-7-4-2-3-5-8(7)12-10/h2-5H,1H3,(H,11,12). The van der Waals surface area contributed by atoms with Crippen molar-refractivity contribution in [3.63, 3.8) is 0 Å². The first kappa shape index (κ1) is 8.55. The third-order valence-corrected chi connectivity index (χ3v) is 3.09. The van der Waals surface area contributed by atoms with Gasteiger partial charge in [-0.05, 0) is 30.6 Å². The monoisotopic (exact) mass is 216 g/mol. The third-order valence-electron chi connectivity index (χ3n) is 2.26. The number of aromatic nitrogens is 4. The number of benzene rings is 1. The van der Waals surface area contributed by atoms with Crippen LogP contribution in [0.3, 0.4) is 0 Å². The smallest absolute Gasteiger partial charge is 0.152 e. The molecule has 2 heterocycles. The molecule has 15 heavy (non-hydrogen) atoms. The van der Waals surface area contributed by atoms with Crippen LogP contribution in [0.4, 0.5) is 0 Å². The number of imidazole rings is 1. The summed E-state index contributed by atoms with van der Waals surface area (Å²) in [5.41, 5.74) is 2.93. The van der Waals surface area contributed by atoms with E-state index < -0.39 is 0 Å². The first-order chi connectivity index (χ1) is 7.34. The van der Waals surface area contributed by atoms with Crippen LogP contribution in [0.2, 0.25) is 0 Å². The van der Waals surface area contributed by atoms with Crippen LogP contribution in [0.1, 0.15) is 5.69 Å². The van der Waals surface area contributed by atoms with Crippen LogP contribution >= 0.6 is 11.5 Å². The zero-order valence-corrected chi connectivity index (χ0v) is 8.88. The summed E-state index contributed by atoms with van der Waals surface area (Å²) in [7, 11) is 0. The van der Waals surface area contributed by atoms with Crippen molar-refractivity contribution in [2.75, 3.05) is 0 Å². The molecule has 0 unspecified atom stereocenters. The second-order valence-corrected chi connectivity index (χ2v) is 4.04. The maximum absolute atomic E-state index is 4.49. The quantitative estimate of drug-likeness (QED) is 0.679. The molecule has 1 aromatic carbocycles.